The van der Waals surface area contributed by atoms with Crippen molar-refractivity contribution in [3.8, 4) is 28.3 Å². The molecule has 0 radical (unpaired) electrons. The molecule has 0 aliphatic heterocycles. The lowest BCUT2D eigenvalue weighted by molar-refractivity contribution is 0.0933. The summed E-state index contributed by atoms with van der Waals surface area (Å²) in [5, 5.41) is 13.1. The lowest BCUT2D eigenvalue weighted by Gasteiger charge is -2.18. The molecule has 0 aliphatic rings. The summed E-state index contributed by atoms with van der Waals surface area (Å²) in [7, 11) is 0. The van der Waals surface area contributed by atoms with Crippen LogP contribution >= 0.6 is 0 Å². The van der Waals surface area contributed by atoms with E-state index in [0.717, 1.165) is 52.2 Å². The highest BCUT2D eigenvalue weighted by molar-refractivity contribution is 5.94. The summed E-state index contributed by atoms with van der Waals surface area (Å²) in [5.41, 5.74) is 6.51. The summed E-state index contributed by atoms with van der Waals surface area (Å²) in [5.74, 6) is 1.17. The molecule has 0 saturated carbocycles. The topological polar surface area (TPSA) is 84.3 Å². The number of aromatic nitrogens is 2. The number of amides is 1. The number of carbonyl (C=O) groups excluding carboxylic acids is 1. The number of rotatable bonds is 14. The van der Waals surface area contributed by atoms with Crippen LogP contribution in [0.2, 0.25) is 0 Å². The Labute approximate surface area is 249 Å². The largest absolute Gasteiger partial charge is 0.511 e. The van der Waals surface area contributed by atoms with Gasteiger partial charge in [-0.05, 0) is 73.2 Å². The smallest absolute Gasteiger partial charge is 0.251 e. The van der Waals surface area contributed by atoms with Crippen molar-refractivity contribution >= 4 is 5.91 Å². The number of unbranched alkanes of at least 4 members (excludes halogenated alkanes) is 4. The molecule has 1 amide bonds. The molecule has 4 rings (SSSR count). The number of aliphatic hydroxyl groups is 1. The van der Waals surface area contributed by atoms with E-state index >= 15 is 0 Å². The zero-order valence-electron chi connectivity index (χ0n) is 24.9. The molecule has 1 unspecified atom stereocenters. The molecule has 0 bridgehead atoms. The van der Waals surface area contributed by atoms with E-state index in [9.17, 15) is 9.90 Å². The molecule has 218 valence electrons. The Morgan fingerprint density at radius 3 is 2.17 bits per heavy atom. The Hall–Kier alpha value is -4.45. The predicted molar refractivity (Wildman–Crippen MR) is 170 cm³/mol. The molecule has 0 fully saturated rings. The van der Waals surface area contributed by atoms with Gasteiger partial charge in [0.1, 0.15) is 11.5 Å². The molecule has 6 heteroatoms. The van der Waals surface area contributed by atoms with Crippen LogP contribution in [-0.4, -0.2) is 33.6 Å². The number of carbonyl (C=O) groups is 1. The summed E-state index contributed by atoms with van der Waals surface area (Å²) in [4.78, 5) is 22.0. The van der Waals surface area contributed by atoms with Gasteiger partial charge in [-0.2, -0.15) is 0 Å². The van der Waals surface area contributed by atoms with E-state index in [1.807, 2.05) is 86.9 Å². The number of hydrogen-bond acceptors (Lipinski definition) is 5. The molecule has 0 aliphatic carbocycles. The molecule has 3 aromatic carbocycles. The molecular weight excluding hydrogens is 522 g/mol. The molecule has 42 heavy (non-hydrogen) atoms. The highest BCUT2D eigenvalue weighted by atomic mass is 16.5. The maximum absolute atomic E-state index is 12.8. The Bertz CT molecular complexity index is 1460. The van der Waals surface area contributed by atoms with Gasteiger partial charge in [0.15, 0.2) is 5.82 Å². The van der Waals surface area contributed by atoms with Gasteiger partial charge in [-0.1, -0.05) is 81.7 Å². The van der Waals surface area contributed by atoms with Gasteiger partial charge in [0.25, 0.3) is 5.91 Å². The van der Waals surface area contributed by atoms with Crippen LogP contribution < -0.4 is 10.1 Å². The lowest BCUT2D eigenvalue weighted by atomic mass is 10.0. The molecule has 1 heterocycles. The van der Waals surface area contributed by atoms with Gasteiger partial charge < -0.3 is 15.2 Å². The fourth-order valence-electron chi connectivity index (χ4n) is 4.67. The van der Waals surface area contributed by atoms with Gasteiger partial charge in [-0.15, -0.1) is 0 Å². The van der Waals surface area contributed by atoms with Crippen molar-refractivity contribution in [2.45, 2.75) is 65.3 Å². The number of aliphatic hydroxyl groups excluding tert-OH is 1. The minimum atomic E-state index is -0.608. The highest BCUT2D eigenvalue weighted by Gasteiger charge is 2.18. The number of nitrogens with one attached hydrogen (secondary N) is 1. The average Bonchev–Trinajstić information content (AvgIpc) is 3.00. The van der Waals surface area contributed by atoms with Crippen molar-refractivity contribution in [2.75, 3.05) is 6.61 Å². The fraction of sp³-hybridized carbons (Fsp3) is 0.306. The minimum absolute atomic E-state index is 0.0859. The molecule has 0 saturated heterocycles. The van der Waals surface area contributed by atoms with E-state index in [2.05, 4.69) is 28.8 Å². The zero-order valence-corrected chi connectivity index (χ0v) is 24.9. The van der Waals surface area contributed by atoms with Crippen LogP contribution in [0, 0.1) is 13.8 Å². The van der Waals surface area contributed by atoms with E-state index in [4.69, 9.17) is 4.74 Å². The van der Waals surface area contributed by atoms with E-state index in [1.165, 1.54) is 25.7 Å². The monoisotopic (exact) mass is 563 g/mol. The fourth-order valence-corrected chi connectivity index (χ4v) is 4.67. The van der Waals surface area contributed by atoms with Crippen LogP contribution in [0.3, 0.4) is 0 Å². The summed E-state index contributed by atoms with van der Waals surface area (Å²) in [6, 6.07) is 20.8. The van der Waals surface area contributed by atoms with Crippen molar-refractivity contribution in [3.05, 3.63) is 114 Å². The van der Waals surface area contributed by atoms with Crippen molar-refractivity contribution < 1.29 is 14.6 Å². The summed E-state index contributed by atoms with van der Waals surface area (Å²) >= 11 is 0. The maximum atomic E-state index is 12.8. The Balaban J connectivity index is 1.33. The summed E-state index contributed by atoms with van der Waals surface area (Å²) in [6.07, 6.45) is 10.2. The first-order valence-electron chi connectivity index (χ1n) is 14.7. The maximum Gasteiger partial charge on any atom is 0.251 e. The lowest BCUT2D eigenvalue weighted by Crippen LogP contribution is -2.37. The van der Waals surface area contributed by atoms with Crippen molar-refractivity contribution in [2.24, 2.45) is 0 Å². The average molecular weight is 564 g/mol. The third-order valence-electron chi connectivity index (χ3n) is 7.48. The molecular formula is C36H41N3O3. The molecule has 0 spiro atoms. The first kappa shape index (κ1) is 30.5. The van der Waals surface area contributed by atoms with Gasteiger partial charge >= 0.3 is 0 Å². The number of nitrogens with zero attached hydrogens (tertiary/aromatic N) is 2. The Morgan fingerprint density at radius 2 is 1.52 bits per heavy atom. The van der Waals surface area contributed by atoms with E-state index in [0.29, 0.717) is 17.8 Å². The van der Waals surface area contributed by atoms with Gasteiger partial charge in [0.2, 0.25) is 0 Å². The summed E-state index contributed by atoms with van der Waals surface area (Å²) in [6.45, 7) is 10.6. The SMILES string of the molecule is C=C(O)C(Cc1ccc(-c2ncc(-c3ccc(OCCCCCCC)cc3)cn2)cc1)NC(=O)c1ccc(C)c(C)c1. The standard InChI is InChI=1S/C36H41N3O3/c1-5-6-7-8-9-20-42-33-18-16-29(17-19-33)32-23-37-35(38-24-32)30-14-11-28(12-15-30)22-34(27(4)40)39-36(41)31-13-10-25(2)26(3)21-31/h10-19,21,23-24,34,40H,4-9,20,22H2,1-3H3,(H,39,41). The molecule has 6 nitrogen and oxygen atoms in total. The van der Waals surface area contributed by atoms with E-state index in [-0.39, 0.29) is 11.7 Å². The van der Waals surface area contributed by atoms with Gasteiger partial charge in [0, 0.05) is 29.1 Å². The highest BCUT2D eigenvalue weighted by Crippen LogP contribution is 2.24. The van der Waals surface area contributed by atoms with E-state index in [1.54, 1.807) is 6.07 Å². The van der Waals surface area contributed by atoms with E-state index < -0.39 is 6.04 Å². The van der Waals surface area contributed by atoms with Gasteiger partial charge in [-0.25, -0.2) is 9.97 Å². The van der Waals surface area contributed by atoms with Crippen molar-refractivity contribution in [3.63, 3.8) is 0 Å². The number of aryl methyl sites for hydroxylation is 2. The predicted octanol–water partition coefficient (Wildman–Crippen LogP) is 8.19. The van der Waals surface area contributed by atoms with Crippen LogP contribution in [0.5, 0.6) is 5.75 Å². The van der Waals surface area contributed by atoms with Crippen LogP contribution in [0.15, 0.2) is 91.5 Å². The Morgan fingerprint density at radius 1 is 0.857 bits per heavy atom. The third-order valence-corrected chi connectivity index (χ3v) is 7.48. The van der Waals surface area contributed by atoms with Crippen LogP contribution in [0.25, 0.3) is 22.5 Å². The second kappa shape index (κ2) is 15.0. The Kier molecular flexibility index (Phi) is 10.9. The molecule has 1 atom stereocenters. The van der Waals surface area contributed by atoms with Gasteiger partial charge in [0.05, 0.1) is 12.6 Å². The number of ether oxygens (including phenoxy) is 1. The summed E-state index contributed by atoms with van der Waals surface area (Å²) < 4.78 is 5.88. The molecule has 1 aromatic heterocycles. The van der Waals surface area contributed by atoms with Crippen molar-refractivity contribution in [1.29, 1.82) is 0 Å². The first-order chi connectivity index (χ1) is 20.3. The van der Waals surface area contributed by atoms with Crippen molar-refractivity contribution in [1.82, 2.24) is 15.3 Å². The van der Waals surface area contributed by atoms with Crippen LogP contribution in [0.1, 0.15) is 66.1 Å². The molecule has 4 aromatic rings. The minimum Gasteiger partial charge on any atom is -0.511 e. The first-order valence-corrected chi connectivity index (χ1v) is 14.7. The van der Waals surface area contributed by atoms with Crippen LogP contribution in [0.4, 0.5) is 0 Å². The normalized spacial score (nSPS) is 11.6. The zero-order chi connectivity index (χ0) is 29.9. The van der Waals surface area contributed by atoms with Gasteiger partial charge in [-0.3, -0.25) is 4.79 Å². The number of benzene rings is 3. The quantitative estimate of drug-likeness (QED) is 0.119. The second-order valence-corrected chi connectivity index (χ2v) is 10.8. The third kappa shape index (κ3) is 8.53. The van der Waals surface area contributed by atoms with Crippen LogP contribution in [-0.2, 0) is 6.42 Å². The molecule has 2 N–H and O–H groups in total. The number of hydrogen-bond donors (Lipinski definition) is 2. The second-order valence-electron chi connectivity index (χ2n) is 10.8.